The van der Waals surface area contributed by atoms with Crippen LogP contribution in [0.1, 0.15) is 33.1 Å². The zero-order valence-electron chi connectivity index (χ0n) is 11.0. The number of nitrogens with zero attached hydrogens (tertiary/aromatic N) is 1. The van der Waals surface area contributed by atoms with Gasteiger partial charge in [0.2, 0.25) is 0 Å². The van der Waals surface area contributed by atoms with Gasteiger partial charge in [-0.25, -0.2) is 0 Å². The van der Waals surface area contributed by atoms with Gasteiger partial charge in [0.15, 0.2) is 5.96 Å². The van der Waals surface area contributed by atoms with Gasteiger partial charge >= 0.3 is 0 Å². The van der Waals surface area contributed by atoms with Gasteiger partial charge in [0.05, 0.1) is 0 Å². The van der Waals surface area contributed by atoms with E-state index in [0.29, 0.717) is 6.04 Å². The molecule has 2 aliphatic rings. The van der Waals surface area contributed by atoms with Gasteiger partial charge in [0, 0.05) is 19.1 Å². The lowest BCUT2D eigenvalue weighted by Crippen LogP contribution is -2.39. The molecular weight excluding hydrogens is 230 g/mol. The van der Waals surface area contributed by atoms with Gasteiger partial charge in [-0.15, -0.1) is 0 Å². The average molecular weight is 255 g/mol. The van der Waals surface area contributed by atoms with Crippen LogP contribution < -0.4 is 10.6 Å². The minimum Gasteiger partial charge on any atom is -0.357 e. The normalized spacial score (nSPS) is 30.1. The molecule has 2 atom stereocenters. The maximum absolute atomic E-state index is 4.74. The highest BCUT2D eigenvalue weighted by Crippen LogP contribution is 2.28. The summed E-state index contributed by atoms with van der Waals surface area (Å²) in [4.78, 5) is 4.74. The minimum absolute atomic E-state index is 0.662. The molecular formula is C13H25N3S. The smallest absolute Gasteiger partial charge is 0.191 e. The van der Waals surface area contributed by atoms with E-state index >= 15 is 0 Å². The van der Waals surface area contributed by atoms with Crippen molar-refractivity contribution in [3.63, 3.8) is 0 Å². The van der Waals surface area contributed by atoms with Gasteiger partial charge in [-0.2, -0.15) is 11.8 Å². The van der Waals surface area contributed by atoms with Gasteiger partial charge in [-0.05, 0) is 49.5 Å². The Balaban J connectivity index is 1.76. The van der Waals surface area contributed by atoms with Crippen LogP contribution in [0, 0.1) is 11.8 Å². The summed E-state index contributed by atoms with van der Waals surface area (Å²) in [6, 6.07) is 0.662. The summed E-state index contributed by atoms with van der Waals surface area (Å²) in [6.45, 7) is 6.37. The number of guanidine groups is 1. The Morgan fingerprint density at radius 3 is 2.65 bits per heavy atom. The fourth-order valence-corrected chi connectivity index (χ4v) is 3.37. The van der Waals surface area contributed by atoms with Crippen molar-refractivity contribution >= 4 is 17.7 Å². The Bertz CT molecular complexity index is 261. The first-order chi connectivity index (χ1) is 8.29. The summed E-state index contributed by atoms with van der Waals surface area (Å²) in [5.74, 6) is 5.31. The van der Waals surface area contributed by atoms with Gasteiger partial charge in [-0.3, -0.25) is 4.99 Å². The molecule has 0 radical (unpaired) electrons. The zero-order chi connectivity index (χ0) is 12.1. The Labute approximate surface area is 109 Å². The predicted molar refractivity (Wildman–Crippen MR) is 76.7 cm³/mol. The van der Waals surface area contributed by atoms with E-state index in [9.17, 15) is 0 Å². The second kappa shape index (κ2) is 6.53. The van der Waals surface area contributed by atoms with Crippen molar-refractivity contribution in [2.24, 2.45) is 16.8 Å². The SMILES string of the molecule is CCNC(=NCC1CCSCC1)NC1CC1C. The molecule has 1 saturated carbocycles. The third-order valence-corrected chi connectivity index (χ3v) is 4.67. The maximum Gasteiger partial charge on any atom is 0.191 e. The van der Waals surface area contributed by atoms with Crippen molar-refractivity contribution in [3.05, 3.63) is 0 Å². The first kappa shape index (κ1) is 13.1. The Hall–Kier alpha value is -0.380. The number of hydrogen-bond donors (Lipinski definition) is 2. The largest absolute Gasteiger partial charge is 0.357 e. The molecule has 2 rings (SSSR count). The van der Waals surface area contributed by atoms with Crippen molar-refractivity contribution < 1.29 is 0 Å². The van der Waals surface area contributed by atoms with Crippen LogP contribution in [0.5, 0.6) is 0 Å². The molecule has 0 aromatic rings. The van der Waals surface area contributed by atoms with Gasteiger partial charge in [0.1, 0.15) is 0 Å². The van der Waals surface area contributed by atoms with Crippen LogP contribution >= 0.6 is 11.8 Å². The number of nitrogens with one attached hydrogen (secondary N) is 2. The first-order valence-corrected chi connectivity index (χ1v) is 8.07. The Kier molecular flexibility index (Phi) is 5.01. The first-order valence-electron chi connectivity index (χ1n) is 6.92. The molecule has 1 saturated heterocycles. The van der Waals surface area contributed by atoms with Crippen LogP contribution in [0.3, 0.4) is 0 Å². The van der Waals surface area contributed by atoms with Gasteiger partial charge < -0.3 is 10.6 Å². The molecule has 2 unspecified atom stereocenters. The van der Waals surface area contributed by atoms with E-state index < -0.39 is 0 Å². The molecule has 98 valence electrons. The van der Waals surface area contributed by atoms with E-state index in [1.165, 1.54) is 30.8 Å². The van der Waals surface area contributed by atoms with E-state index in [0.717, 1.165) is 30.9 Å². The molecule has 0 aromatic carbocycles. The predicted octanol–water partition coefficient (Wildman–Crippen LogP) is 2.09. The number of thioether (sulfide) groups is 1. The molecule has 4 heteroatoms. The second-order valence-electron chi connectivity index (χ2n) is 5.24. The van der Waals surface area contributed by atoms with Crippen molar-refractivity contribution in [1.82, 2.24) is 10.6 Å². The molecule has 1 heterocycles. The molecule has 2 N–H and O–H groups in total. The lowest BCUT2D eigenvalue weighted by atomic mass is 10.0. The average Bonchev–Trinajstić information content (AvgIpc) is 3.04. The van der Waals surface area contributed by atoms with E-state index in [4.69, 9.17) is 4.99 Å². The van der Waals surface area contributed by atoms with Crippen LogP contribution in [-0.4, -0.2) is 36.6 Å². The zero-order valence-corrected chi connectivity index (χ0v) is 11.9. The van der Waals surface area contributed by atoms with Crippen LogP contribution in [-0.2, 0) is 0 Å². The summed E-state index contributed by atoms with van der Waals surface area (Å²) >= 11 is 2.08. The summed E-state index contributed by atoms with van der Waals surface area (Å²) < 4.78 is 0. The number of aliphatic imine (C=N–C) groups is 1. The molecule has 2 fully saturated rings. The van der Waals surface area contributed by atoms with Crippen LogP contribution in [0.4, 0.5) is 0 Å². The fraction of sp³-hybridized carbons (Fsp3) is 0.923. The number of rotatable bonds is 4. The lowest BCUT2D eigenvalue weighted by molar-refractivity contribution is 0.501. The van der Waals surface area contributed by atoms with Crippen molar-refractivity contribution in [3.8, 4) is 0 Å². The molecule has 0 aromatic heterocycles. The fourth-order valence-electron chi connectivity index (χ4n) is 2.17. The molecule has 0 amide bonds. The molecule has 3 nitrogen and oxygen atoms in total. The highest BCUT2D eigenvalue weighted by molar-refractivity contribution is 7.99. The van der Waals surface area contributed by atoms with Gasteiger partial charge in [-0.1, -0.05) is 6.92 Å². The second-order valence-corrected chi connectivity index (χ2v) is 6.46. The summed E-state index contributed by atoms with van der Waals surface area (Å²) in [7, 11) is 0. The quantitative estimate of drug-likeness (QED) is 0.596. The minimum atomic E-state index is 0.662. The molecule has 1 aliphatic carbocycles. The van der Waals surface area contributed by atoms with Crippen molar-refractivity contribution in [1.29, 1.82) is 0 Å². The van der Waals surface area contributed by atoms with Crippen LogP contribution in [0.25, 0.3) is 0 Å². The van der Waals surface area contributed by atoms with Crippen LogP contribution in [0.15, 0.2) is 4.99 Å². The molecule has 0 spiro atoms. The Morgan fingerprint density at radius 1 is 1.35 bits per heavy atom. The van der Waals surface area contributed by atoms with Crippen molar-refractivity contribution in [2.45, 2.75) is 39.2 Å². The summed E-state index contributed by atoms with van der Waals surface area (Å²) in [6.07, 6.45) is 3.98. The van der Waals surface area contributed by atoms with Gasteiger partial charge in [0.25, 0.3) is 0 Å². The topological polar surface area (TPSA) is 36.4 Å². The Morgan fingerprint density at radius 2 is 2.06 bits per heavy atom. The van der Waals surface area contributed by atoms with E-state index in [1.54, 1.807) is 0 Å². The monoisotopic (exact) mass is 255 g/mol. The van der Waals surface area contributed by atoms with Crippen LogP contribution in [0.2, 0.25) is 0 Å². The van der Waals surface area contributed by atoms with E-state index in [1.807, 2.05) is 0 Å². The van der Waals surface area contributed by atoms with Crippen molar-refractivity contribution in [2.75, 3.05) is 24.6 Å². The highest BCUT2D eigenvalue weighted by Gasteiger charge is 2.33. The standard InChI is InChI=1S/C13H25N3S/c1-3-14-13(16-12-8-10(12)2)15-9-11-4-6-17-7-5-11/h10-12H,3-9H2,1-2H3,(H2,14,15,16). The summed E-state index contributed by atoms with van der Waals surface area (Å²) in [5, 5.41) is 6.86. The third-order valence-electron chi connectivity index (χ3n) is 3.62. The molecule has 1 aliphatic heterocycles. The summed E-state index contributed by atoms with van der Waals surface area (Å²) in [5.41, 5.74) is 0. The molecule has 17 heavy (non-hydrogen) atoms. The highest BCUT2D eigenvalue weighted by atomic mass is 32.2. The molecule has 0 bridgehead atoms. The number of hydrogen-bond acceptors (Lipinski definition) is 2. The van der Waals surface area contributed by atoms with E-state index in [2.05, 4.69) is 36.2 Å². The lowest BCUT2D eigenvalue weighted by Gasteiger charge is -2.20. The third kappa shape index (κ3) is 4.41. The maximum atomic E-state index is 4.74. The van der Waals surface area contributed by atoms with E-state index in [-0.39, 0.29) is 0 Å².